The van der Waals surface area contributed by atoms with Crippen LogP contribution in [0.25, 0.3) is 10.8 Å². The molecule has 2 amide bonds. The number of carbonyl (C=O) groups is 4. The van der Waals surface area contributed by atoms with Gasteiger partial charge in [0.1, 0.15) is 41.3 Å². The minimum atomic E-state index is -2.13. The second kappa shape index (κ2) is 18.1. The molecule has 5 bridgehead atoms. The molecular formula is C40H51ClN2O14. The monoisotopic (exact) mass is 818 g/mol. The molecule has 312 valence electrons. The number of benzene rings is 2. The number of amides is 2. The lowest BCUT2D eigenvalue weighted by atomic mass is 9.78. The number of Topliss-reactive ketones (excluding diaryl/α,β-unsaturated/α-hetero) is 1. The fraction of sp³-hybridized carbons (Fsp3) is 0.500. The van der Waals surface area contributed by atoms with Crippen LogP contribution < -0.4 is 15.4 Å². The van der Waals surface area contributed by atoms with Crippen LogP contribution in [-0.4, -0.2) is 99.1 Å². The van der Waals surface area contributed by atoms with E-state index >= 15 is 0 Å². The second-order valence-corrected chi connectivity index (χ2v) is 14.9. The van der Waals surface area contributed by atoms with E-state index in [1.165, 1.54) is 53.0 Å². The number of ketones is 1. The Bertz CT molecular complexity index is 2000. The molecule has 16 nitrogen and oxygen atoms in total. The van der Waals surface area contributed by atoms with E-state index in [2.05, 4.69) is 10.6 Å². The van der Waals surface area contributed by atoms with Gasteiger partial charge in [-0.15, -0.1) is 11.6 Å². The maximum atomic E-state index is 14.3. The average molecular weight is 819 g/mol. The number of ether oxygens (including phenoxy) is 5. The first-order valence-corrected chi connectivity index (χ1v) is 18.8. The zero-order valence-corrected chi connectivity index (χ0v) is 34.0. The first kappa shape index (κ1) is 44.7. The van der Waals surface area contributed by atoms with Crippen molar-refractivity contribution in [3.8, 4) is 23.0 Å². The topological polar surface area (TPSA) is 240 Å². The van der Waals surface area contributed by atoms with Gasteiger partial charge in [0.05, 0.1) is 41.4 Å². The maximum absolute atomic E-state index is 14.3. The molecule has 2 aromatic rings. The lowest BCUT2D eigenvalue weighted by Crippen LogP contribution is -2.46. The summed E-state index contributed by atoms with van der Waals surface area (Å²) in [6.07, 6.45) is 1.93. The molecule has 0 unspecified atom stereocenters. The number of esters is 1. The zero-order chi connectivity index (χ0) is 42.7. The van der Waals surface area contributed by atoms with Gasteiger partial charge in [-0.2, -0.15) is 0 Å². The molecule has 5 rings (SSSR count). The number of carbonyl (C=O) groups excluding carboxylic acids is 4. The molecule has 57 heavy (non-hydrogen) atoms. The largest absolute Gasteiger partial charge is 0.507 e. The van der Waals surface area contributed by atoms with Gasteiger partial charge in [-0.05, 0) is 19.9 Å². The number of alkyl halides is 1. The van der Waals surface area contributed by atoms with E-state index in [0.717, 1.165) is 6.26 Å². The summed E-state index contributed by atoms with van der Waals surface area (Å²) in [6, 6.07) is 0. The number of aromatic hydroxyl groups is 3. The highest BCUT2D eigenvalue weighted by molar-refractivity contribution is 6.24. The summed E-state index contributed by atoms with van der Waals surface area (Å²) in [5.41, 5.74) is -1.43. The fourth-order valence-corrected chi connectivity index (χ4v) is 7.19. The predicted molar refractivity (Wildman–Crippen MR) is 210 cm³/mol. The summed E-state index contributed by atoms with van der Waals surface area (Å²) in [6.45, 7) is 11.9. The Morgan fingerprint density at radius 1 is 0.965 bits per heavy atom. The molecule has 3 heterocycles. The zero-order valence-electron chi connectivity index (χ0n) is 33.2. The first-order chi connectivity index (χ1) is 26.7. The molecule has 3 aliphatic rings. The van der Waals surface area contributed by atoms with Gasteiger partial charge in [-0.3, -0.25) is 19.7 Å². The van der Waals surface area contributed by atoms with Crippen LogP contribution in [0.3, 0.4) is 0 Å². The summed E-state index contributed by atoms with van der Waals surface area (Å²) >= 11 is 5.67. The second-order valence-electron chi connectivity index (χ2n) is 14.5. The highest BCUT2D eigenvalue weighted by Gasteiger charge is 2.50. The van der Waals surface area contributed by atoms with E-state index in [4.69, 9.17) is 35.3 Å². The van der Waals surface area contributed by atoms with Crippen molar-refractivity contribution >= 4 is 57.5 Å². The van der Waals surface area contributed by atoms with Crippen molar-refractivity contribution in [2.75, 3.05) is 30.2 Å². The van der Waals surface area contributed by atoms with Crippen LogP contribution in [0.15, 0.2) is 36.1 Å². The van der Waals surface area contributed by atoms with Crippen LogP contribution in [-0.2, 0) is 28.5 Å². The van der Waals surface area contributed by atoms with Gasteiger partial charge in [0.15, 0.2) is 5.75 Å². The van der Waals surface area contributed by atoms with Crippen molar-refractivity contribution < 1.29 is 68.4 Å². The number of halogens is 1. The van der Waals surface area contributed by atoms with E-state index in [9.17, 15) is 44.7 Å². The normalized spacial score (nSPS) is 30.4. The van der Waals surface area contributed by atoms with Crippen LogP contribution in [0.2, 0.25) is 0 Å². The van der Waals surface area contributed by atoms with Gasteiger partial charge in [0.25, 0.3) is 11.7 Å². The Kier molecular flexibility index (Phi) is 14.1. The van der Waals surface area contributed by atoms with Crippen molar-refractivity contribution in [3.63, 3.8) is 0 Å². The summed E-state index contributed by atoms with van der Waals surface area (Å²) in [7, 11) is 1.40. The number of rotatable bonds is 5. The standard InChI is InChI=1S/C40H51ClN2O14/c1-17-11-10-12-18(2)38(51)42-28-29(43-39(52)54-16-14-41)33(48)25-26(34(28)49)32(47)22(6)36-27(25)37(50)40(8,57-36)55-15-13-24(53-9)19(3)35(56-23(7)44)21(5)31(46)20(4)30(17)45/h10-13,15,17,19-21,24,30-31,35,45-49H,14,16H2,1-9H3,(H,42,51)(H,43,52)/b11-10+,15-13+,18-12-/t17-,19+,20+,21+,24-,30-,31+,35+,40-/m0/s1. The molecule has 0 fully saturated rings. The Labute approximate surface area is 335 Å². The molecule has 17 heteroatoms. The van der Waals surface area contributed by atoms with E-state index in [1.54, 1.807) is 33.8 Å². The van der Waals surface area contributed by atoms with Gasteiger partial charge in [-0.25, -0.2) is 4.79 Å². The van der Waals surface area contributed by atoms with Crippen LogP contribution in [0.4, 0.5) is 16.2 Å². The van der Waals surface area contributed by atoms with Crippen molar-refractivity contribution in [2.24, 2.45) is 23.7 Å². The number of hydrogen-bond donors (Lipinski definition) is 7. The summed E-state index contributed by atoms with van der Waals surface area (Å²) in [5.74, 6) is -9.64. The molecule has 0 aliphatic carbocycles. The van der Waals surface area contributed by atoms with Gasteiger partial charge < -0.3 is 54.5 Å². The van der Waals surface area contributed by atoms with Gasteiger partial charge in [0, 0.05) is 61.2 Å². The molecule has 0 saturated heterocycles. The summed E-state index contributed by atoms with van der Waals surface area (Å²) < 4.78 is 28.3. The number of methoxy groups -OCH3 is 1. The molecular weight excluding hydrogens is 768 g/mol. The third-order valence-corrected chi connectivity index (χ3v) is 10.7. The highest BCUT2D eigenvalue weighted by atomic mass is 35.5. The molecule has 9 atom stereocenters. The molecule has 2 aromatic carbocycles. The van der Waals surface area contributed by atoms with Crippen molar-refractivity contribution in [1.82, 2.24) is 0 Å². The number of phenols is 3. The van der Waals surface area contributed by atoms with Crippen molar-refractivity contribution in [3.05, 3.63) is 47.3 Å². The Morgan fingerprint density at radius 2 is 1.63 bits per heavy atom. The Morgan fingerprint density at radius 3 is 2.25 bits per heavy atom. The number of hydrogen-bond acceptors (Lipinski definition) is 14. The Hall–Kier alpha value is -5.03. The third-order valence-electron chi connectivity index (χ3n) is 10.5. The lowest BCUT2D eigenvalue weighted by molar-refractivity contribution is -0.160. The summed E-state index contributed by atoms with van der Waals surface area (Å²) in [4.78, 5) is 52.9. The number of aliphatic hydroxyl groups excluding tert-OH is 2. The number of allylic oxidation sites excluding steroid dienone is 2. The lowest BCUT2D eigenvalue weighted by Gasteiger charge is -2.38. The van der Waals surface area contributed by atoms with Crippen molar-refractivity contribution in [1.29, 1.82) is 0 Å². The molecule has 0 aromatic heterocycles. The third kappa shape index (κ3) is 8.93. The molecule has 0 spiro atoms. The average Bonchev–Trinajstić information content (AvgIpc) is 3.43. The van der Waals surface area contributed by atoms with E-state index in [1.807, 2.05) is 0 Å². The number of aliphatic hydroxyl groups is 2. The van der Waals surface area contributed by atoms with E-state index in [-0.39, 0.29) is 34.9 Å². The highest BCUT2D eigenvalue weighted by Crippen LogP contribution is 2.57. The van der Waals surface area contributed by atoms with E-state index < -0.39 is 117 Å². The Balaban J connectivity index is 1.97. The number of nitrogens with one attached hydrogen (secondary N) is 2. The fourth-order valence-electron chi connectivity index (χ4n) is 7.11. The minimum absolute atomic E-state index is 0.0335. The van der Waals surface area contributed by atoms with Crippen LogP contribution in [0.5, 0.6) is 23.0 Å². The summed E-state index contributed by atoms with van der Waals surface area (Å²) in [5, 5.41) is 61.5. The number of anilines is 2. The quantitative estimate of drug-likeness (QED) is 0.0849. The molecule has 0 saturated carbocycles. The van der Waals surface area contributed by atoms with Crippen molar-refractivity contribution in [2.45, 2.75) is 85.6 Å². The maximum Gasteiger partial charge on any atom is 0.411 e. The van der Waals surface area contributed by atoms with Crippen LogP contribution in [0.1, 0.15) is 64.4 Å². The minimum Gasteiger partial charge on any atom is -0.507 e. The SMILES string of the molecule is CO[C@H]1/C=C/O[C@@]2(C)Oc3c(C)c(O)c4c(O)c(c(NC(=O)OCCCl)c(O)c4c3C2=O)NC(=O)/C(C)=C\C=C\[C@H](C)[C@H](O)[C@@H](C)[C@@H](O)[C@@H](C)[C@H](OC(C)=O)[C@@H]1C. The molecule has 7 N–H and O–H groups in total. The van der Waals surface area contributed by atoms with Gasteiger partial charge >= 0.3 is 17.8 Å². The molecule has 3 aliphatic heterocycles. The smallest absolute Gasteiger partial charge is 0.411 e. The first-order valence-electron chi connectivity index (χ1n) is 18.3. The number of fused-ring (bicyclic) bond motifs is 14. The molecule has 0 radical (unpaired) electrons. The van der Waals surface area contributed by atoms with E-state index in [0.29, 0.717) is 0 Å². The van der Waals surface area contributed by atoms with Gasteiger partial charge in [-0.1, -0.05) is 45.9 Å². The van der Waals surface area contributed by atoms with Crippen LogP contribution in [0, 0.1) is 30.6 Å². The van der Waals surface area contributed by atoms with Crippen LogP contribution >= 0.6 is 11.6 Å². The number of phenolic OH excluding ortho intramolecular Hbond substituents is 3. The predicted octanol–water partition coefficient (Wildman–Crippen LogP) is 5.54. The van der Waals surface area contributed by atoms with Gasteiger partial charge in [0.2, 0.25) is 0 Å².